The molecule has 0 radical (unpaired) electrons. The summed E-state index contributed by atoms with van der Waals surface area (Å²) in [6.07, 6.45) is -0.242. The summed E-state index contributed by atoms with van der Waals surface area (Å²) in [6, 6.07) is 0. The zero-order valence-corrected chi connectivity index (χ0v) is 8.64. The maximum atomic E-state index is 11.4. The molecule has 0 fully saturated rings. The van der Waals surface area contributed by atoms with E-state index in [1.807, 2.05) is 13.8 Å². The molecule has 2 N–H and O–H groups in total. The second-order valence-corrected chi connectivity index (χ2v) is 3.81. The minimum absolute atomic E-state index is 0.0627. The molecule has 0 spiro atoms. The first-order valence-electron chi connectivity index (χ1n) is 4.79. The number of Topliss-reactive ketones (excluding diaryl/α,β-unsaturated/α-hetero) is 1. The van der Waals surface area contributed by atoms with Crippen LogP contribution >= 0.6 is 0 Å². The average Bonchev–Trinajstić information content (AvgIpc) is 2.04. The highest BCUT2D eigenvalue weighted by Crippen LogP contribution is 2.12. The number of carbonyl (C=O) groups is 2. The van der Waals surface area contributed by atoms with Crippen LogP contribution in [0, 0.1) is 11.8 Å². The Balaban J connectivity index is 4.24. The number of rotatable bonds is 7. The lowest BCUT2D eigenvalue weighted by Crippen LogP contribution is -2.31. The van der Waals surface area contributed by atoms with Gasteiger partial charge in [0.2, 0.25) is 0 Å². The van der Waals surface area contributed by atoms with E-state index in [0.29, 0.717) is 6.29 Å². The summed E-state index contributed by atoms with van der Waals surface area (Å²) in [7, 11) is 0. The SMILES string of the molecule is CC(C)CC(=O)C(C=O)C(O)CCO. The van der Waals surface area contributed by atoms with Crippen LogP contribution in [-0.2, 0) is 9.59 Å². The normalized spacial score (nSPS) is 15.2. The molecule has 14 heavy (non-hydrogen) atoms. The molecule has 0 aromatic rings. The van der Waals surface area contributed by atoms with Crippen LogP contribution in [0.2, 0.25) is 0 Å². The lowest BCUT2D eigenvalue weighted by atomic mass is 9.91. The van der Waals surface area contributed by atoms with Gasteiger partial charge in [0.1, 0.15) is 12.1 Å². The topological polar surface area (TPSA) is 74.6 Å². The van der Waals surface area contributed by atoms with Gasteiger partial charge in [0.05, 0.1) is 12.0 Å². The Morgan fingerprint density at radius 1 is 1.43 bits per heavy atom. The summed E-state index contributed by atoms with van der Waals surface area (Å²) < 4.78 is 0. The minimum Gasteiger partial charge on any atom is -0.396 e. The van der Waals surface area contributed by atoms with Gasteiger partial charge in [0.25, 0.3) is 0 Å². The molecule has 0 aromatic heterocycles. The lowest BCUT2D eigenvalue weighted by Gasteiger charge is -2.16. The highest BCUT2D eigenvalue weighted by atomic mass is 16.3. The van der Waals surface area contributed by atoms with Crippen LogP contribution in [0.1, 0.15) is 26.7 Å². The Morgan fingerprint density at radius 2 is 2.00 bits per heavy atom. The van der Waals surface area contributed by atoms with Crippen LogP contribution in [0.5, 0.6) is 0 Å². The Kier molecular flexibility index (Phi) is 6.32. The molecule has 2 unspecified atom stereocenters. The second kappa shape index (κ2) is 6.68. The van der Waals surface area contributed by atoms with Gasteiger partial charge in [-0.2, -0.15) is 0 Å². The molecule has 0 saturated heterocycles. The van der Waals surface area contributed by atoms with Crippen molar-refractivity contribution in [2.24, 2.45) is 11.8 Å². The third-order valence-corrected chi connectivity index (χ3v) is 1.97. The highest BCUT2D eigenvalue weighted by molar-refractivity contribution is 5.93. The molecule has 4 nitrogen and oxygen atoms in total. The standard InChI is InChI=1S/C10H18O4/c1-7(2)5-10(14)8(6-12)9(13)3-4-11/h6-9,11,13H,3-5H2,1-2H3. The Morgan fingerprint density at radius 3 is 2.36 bits per heavy atom. The fourth-order valence-corrected chi connectivity index (χ4v) is 1.23. The van der Waals surface area contributed by atoms with Crippen molar-refractivity contribution < 1.29 is 19.8 Å². The predicted octanol–water partition coefficient (Wildman–Crippen LogP) is 0.160. The van der Waals surface area contributed by atoms with Crippen molar-refractivity contribution >= 4 is 12.1 Å². The summed E-state index contributed by atoms with van der Waals surface area (Å²) in [5.74, 6) is -1.06. The first kappa shape index (κ1) is 13.3. The van der Waals surface area contributed by atoms with Crippen molar-refractivity contribution in [1.29, 1.82) is 0 Å². The molecule has 2 atom stereocenters. The van der Waals surface area contributed by atoms with Gasteiger partial charge < -0.3 is 15.0 Å². The van der Waals surface area contributed by atoms with E-state index < -0.39 is 12.0 Å². The number of hydrogen-bond acceptors (Lipinski definition) is 4. The van der Waals surface area contributed by atoms with Crippen LogP contribution < -0.4 is 0 Å². The van der Waals surface area contributed by atoms with Crippen LogP contribution in [0.25, 0.3) is 0 Å². The average molecular weight is 202 g/mol. The molecule has 82 valence electrons. The fourth-order valence-electron chi connectivity index (χ4n) is 1.23. The van der Waals surface area contributed by atoms with Gasteiger partial charge in [-0.05, 0) is 12.3 Å². The number of carbonyl (C=O) groups excluding carboxylic acids is 2. The molecule has 0 aromatic carbocycles. The van der Waals surface area contributed by atoms with Crippen LogP contribution in [-0.4, -0.2) is 35.0 Å². The summed E-state index contributed by atoms with van der Waals surface area (Å²) in [4.78, 5) is 22.0. The van der Waals surface area contributed by atoms with Gasteiger partial charge >= 0.3 is 0 Å². The van der Waals surface area contributed by atoms with E-state index in [-0.39, 0.29) is 31.1 Å². The van der Waals surface area contributed by atoms with E-state index in [1.165, 1.54) is 0 Å². The Labute approximate surface area is 83.9 Å². The Hall–Kier alpha value is -0.740. The molecule has 0 amide bonds. The maximum Gasteiger partial charge on any atom is 0.145 e. The summed E-state index contributed by atoms with van der Waals surface area (Å²) in [5.41, 5.74) is 0. The van der Waals surface area contributed by atoms with E-state index in [9.17, 15) is 14.7 Å². The summed E-state index contributed by atoms with van der Waals surface area (Å²) in [5, 5.41) is 17.9. The summed E-state index contributed by atoms with van der Waals surface area (Å²) in [6.45, 7) is 3.52. The van der Waals surface area contributed by atoms with Crippen LogP contribution in [0.3, 0.4) is 0 Å². The van der Waals surface area contributed by atoms with E-state index in [1.54, 1.807) is 0 Å². The third kappa shape index (κ3) is 4.48. The number of aldehydes is 1. The fraction of sp³-hybridized carbons (Fsp3) is 0.800. The van der Waals surface area contributed by atoms with Gasteiger partial charge in [-0.25, -0.2) is 0 Å². The second-order valence-electron chi connectivity index (χ2n) is 3.81. The predicted molar refractivity (Wildman–Crippen MR) is 51.7 cm³/mol. The molecule has 0 rings (SSSR count). The first-order valence-corrected chi connectivity index (χ1v) is 4.79. The molecule has 0 aliphatic heterocycles. The molecule has 0 saturated carbocycles. The van der Waals surface area contributed by atoms with E-state index in [2.05, 4.69) is 0 Å². The van der Waals surface area contributed by atoms with E-state index in [0.717, 1.165) is 0 Å². The van der Waals surface area contributed by atoms with Crippen molar-refractivity contribution in [3.05, 3.63) is 0 Å². The number of aliphatic hydroxyl groups is 2. The molecular weight excluding hydrogens is 184 g/mol. The molecule has 0 bridgehead atoms. The van der Waals surface area contributed by atoms with Crippen molar-refractivity contribution in [3.8, 4) is 0 Å². The zero-order chi connectivity index (χ0) is 11.1. The van der Waals surface area contributed by atoms with Crippen molar-refractivity contribution in [3.63, 3.8) is 0 Å². The number of aliphatic hydroxyl groups excluding tert-OH is 2. The number of hydrogen-bond donors (Lipinski definition) is 2. The first-order chi connectivity index (χ1) is 6.52. The van der Waals surface area contributed by atoms with Crippen molar-refractivity contribution in [2.75, 3.05) is 6.61 Å². The lowest BCUT2D eigenvalue weighted by molar-refractivity contribution is -0.132. The molecule has 0 aliphatic carbocycles. The minimum atomic E-state index is -1.05. The highest BCUT2D eigenvalue weighted by Gasteiger charge is 2.25. The van der Waals surface area contributed by atoms with Gasteiger partial charge in [-0.15, -0.1) is 0 Å². The van der Waals surface area contributed by atoms with E-state index in [4.69, 9.17) is 5.11 Å². The Bertz CT molecular complexity index is 189. The molecule has 0 heterocycles. The number of ketones is 1. The largest absolute Gasteiger partial charge is 0.396 e. The molecule has 4 heteroatoms. The quantitative estimate of drug-likeness (QED) is 0.455. The van der Waals surface area contributed by atoms with Gasteiger partial charge in [-0.1, -0.05) is 13.8 Å². The van der Waals surface area contributed by atoms with E-state index >= 15 is 0 Å². The van der Waals surface area contributed by atoms with Crippen LogP contribution in [0.4, 0.5) is 0 Å². The zero-order valence-electron chi connectivity index (χ0n) is 8.64. The smallest absolute Gasteiger partial charge is 0.145 e. The molecular formula is C10H18O4. The van der Waals surface area contributed by atoms with Gasteiger partial charge in [0, 0.05) is 13.0 Å². The summed E-state index contributed by atoms with van der Waals surface area (Å²) >= 11 is 0. The van der Waals surface area contributed by atoms with Crippen LogP contribution in [0.15, 0.2) is 0 Å². The van der Waals surface area contributed by atoms with Crippen molar-refractivity contribution in [1.82, 2.24) is 0 Å². The maximum absolute atomic E-state index is 11.4. The van der Waals surface area contributed by atoms with Crippen molar-refractivity contribution in [2.45, 2.75) is 32.8 Å². The van der Waals surface area contributed by atoms with Gasteiger partial charge in [-0.3, -0.25) is 4.79 Å². The van der Waals surface area contributed by atoms with Gasteiger partial charge in [0.15, 0.2) is 0 Å². The third-order valence-electron chi connectivity index (χ3n) is 1.97. The molecule has 0 aliphatic rings. The monoisotopic (exact) mass is 202 g/mol.